The summed E-state index contributed by atoms with van der Waals surface area (Å²) in [5.41, 5.74) is 1.89. The lowest BCUT2D eigenvalue weighted by atomic mass is 10.3. The van der Waals surface area contributed by atoms with Gasteiger partial charge in [-0.15, -0.1) is 11.8 Å². The van der Waals surface area contributed by atoms with E-state index in [0.717, 1.165) is 34.2 Å². The van der Waals surface area contributed by atoms with Crippen molar-refractivity contribution in [3.63, 3.8) is 0 Å². The number of hydrogen-bond acceptors (Lipinski definition) is 5. The Balaban J connectivity index is 2.28. The SMILES string of the molecule is CC(C)Nc1nc2ccccc2nc1SCCN(C)C. The van der Waals surface area contributed by atoms with Gasteiger partial charge in [-0.25, -0.2) is 9.97 Å². The van der Waals surface area contributed by atoms with Crippen LogP contribution in [0.5, 0.6) is 0 Å². The van der Waals surface area contributed by atoms with E-state index in [9.17, 15) is 0 Å². The van der Waals surface area contributed by atoms with Crippen LogP contribution in [0.2, 0.25) is 0 Å². The Morgan fingerprint density at radius 1 is 1.15 bits per heavy atom. The molecule has 0 amide bonds. The van der Waals surface area contributed by atoms with E-state index in [1.54, 1.807) is 11.8 Å². The highest BCUT2D eigenvalue weighted by Crippen LogP contribution is 2.26. The monoisotopic (exact) mass is 290 g/mol. The predicted molar refractivity (Wildman–Crippen MR) is 87.6 cm³/mol. The van der Waals surface area contributed by atoms with Gasteiger partial charge in [0, 0.05) is 18.3 Å². The van der Waals surface area contributed by atoms with Gasteiger partial charge in [0.2, 0.25) is 0 Å². The van der Waals surface area contributed by atoms with Gasteiger partial charge in [0.25, 0.3) is 0 Å². The maximum Gasteiger partial charge on any atom is 0.159 e. The largest absolute Gasteiger partial charge is 0.366 e. The summed E-state index contributed by atoms with van der Waals surface area (Å²) in [4.78, 5) is 11.6. The molecule has 0 saturated carbocycles. The lowest BCUT2D eigenvalue weighted by Crippen LogP contribution is -2.16. The molecule has 108 valence electrons. The van der Waals surface area contributed by atoms with Crippen LogP contribution < -0.4 is 5.32 Å². The molecule has 0 atom stereocenters. The average Bonchev–Trinajstić information content (AvgIpc) is 2.38. The van der Waals surface area contributed by atoms with Crippen molar-refractivity contribution in [3.05, 3.63) is 24.3 Å². The Hall–Kier alpha value is -1.33. The molecule has 0 fully saturated rings. The molecule has 1 N–H and O–H groups in total. The molecule has 0 saturated heterocycles. The second-order valence-corrected chi connectivity index (χ2v) is 6.40. The lowest BCUT2D eigenvalue weighted by molar-refractivity contribution is 0.437. The Labute approximate surface area is 125 Å². The third-order valence-electron chi connectivity index (χ3n) is 2.74. The van der Waals surface area contributed by atoms with Crippen molar-refractivity contribution in [3.8, 4) is 0 Å². The molecular weight excluding hydrogens is 268 g/mol. The van der Waals surface area contributed by atoms with Gasteiger partial charge in [-0.1, -0.05) is 12.1 Å². The summed E-state index contributed by atoms with van der Waals surface area (Å²) >= 11 is 1.75. The van der Waals surface area contributed by atoms with Crippen LogP contribution >= 0.6 is 11.8 Å². The molecule has 1 aromatic heterocycles. The normalized spacial score (nSPS) is 11.5. The summed E-state index contributed by atoms with van der Waals surface area (Å²) in [6, 6.07) is 8.36. The second kappa shape index (κ2) is 6.90. The minimum atomic E-state index is 0.346. The molecule has 0 unspecified atom stereocenters. The van der Waals surface area contributed by atoms with Gasteiger partial charge in [0.15, 0.2) is 5.82 Å². The average molecular weight is 290 g/mol. The number of aromatic nitrogens is 2. The number of benzene rings is 1. The smallest absolute Gasteiger partial charge is 0.159 e. The molecule has 0 aliphatic heterocycles. The third-order valence-corrected chi connectivity index (χ3v) is 3.69. The van der Waals surface area contributed by atoms with E-state index >= 15 is 0 Å². The molecule has 0 aliphatic carbocycles. The first kappa shape index (κ1) is 15.1. The number of hydrogen-bond donors (Lipinski definition) is 1. The van der Waals surface area contributed by atoms with E-state index in [1.165, 1.54) is 0 Å². The standard InChI is InChI=1S/C15H22N4S/c1-11(2)16-14-15(20-10-9-19(3)4)18-13-8-6-5-7-12(13)17-14/h5-8,11H,9-10H2,1-4H3,(H,16,17). The fourth-order valence-electron chi connectivity index (χ4n) is 1.78. The van der Waals surface area contributed by atoms with Gasteiger partial charge in [0.05, 0.1) is 11.0 Å². The Morgan fingerprint density at radius 3 is 2.40 bits per heavy atom. The second-order valence-electron chi connectivity index (χ2n) is 5.32. The highest BCUT2D eigenvalue weighted by atomic mass is 32.2. The van der Waals surface area contributed by atoms with E-state index in [-0.39, 0.29) is 0 Å². The zero-order valence-corrected chi connectivity index (χ0v) is 13.4. The summed E-state index contributed by atoms with van der Waals surface area (Å²) < 4.78 is 0. The highest BCUT2D eigenvalue weighted by Gasteiger charge is 2.10. The fourth-order valence-corrected chi connectivity index (χ4v) is 2.83. The van der Waals surface area contributed by atoms with Gasteiger partial charge >= 0.3 is 0 Å². The highest BCUT2D eigenvalue weighted by molar-refractivity contribution is 7.99. The number of anilines is 1. The zero-order chi connectivity index (χ0) is 14.5. The molecular formula is C15H22N4S. The molecule has 1 heterocycles. The summed E-state index contributed by atoms with van der Waals surface area (Å²) in [7, 11) is 4.17. The third kappa shape index (κ3) is 4.08. The van der Waals surface area contributed by atoms with Crippen LogP contribution in [0, 0.1) is 0 Å². The maximum absolute atomic E-state index is 4.74. The minimum Gasteiger partial charge on any atom is -0.366 e. The molecule has 0 aliphatic rings. The Morgan fingerprint density at radius 2 is 1.80 bits per heavy atom. The molecule has 2 rings (SSSR count). The van der Waals surface area contributed by atoms with Crippen molar-refractivity contribution >= 4 is 28.6 Å². The lowest BCUT2D eigenvalue weighted by Gasteiger charge is -2.14. The van der Waals surface area contributed by atoms with Gasteiger partial charge in [0.1, 0.15) is 5.03 Å². The summed E-state index contributed by atoms with van der Waals surface area (Å²) in [5.74, 6) is 1.90. The van der Waals surface area contributed by atoms with E-state index < -0.39 is 0 Å². The van der Waals surface area contributed by atoms with Crippen LogP contribution in [-0.4, -0.2) is 47.3 Å². The van der Waals surface area contributed by atoms with Crippen LogP contribution in [0.1, 0.15) is 13.8 Å². The van der Waals surface area contributed by atoms with Gasteiger partial charge < -0.3 is 10.2 Å². The molecule has 2 aromatic rings. The first-order chi connectivity index (χ1) is 9.56. The number of para-hydroxylation sites is 2. The van der Waals surface area contributed by atoms with E-state index in [4.69, 9.17) is 9.97 Å². The Kier molecular flexibility index (Phi) is 5.20. The summed E-state index contributed by atoms with van der Waals surface area (Å²) in [6.07, 6.45) is 0. The van der Waals surface area contributed by atoms with Crippen molar-refractivity contribution in [1.29, 1.82) is 0 Å². The summed E-state index contributed by atoms with van der Waals surface area (Å²) in [6.45, 7) is 5.26. The van der Waals surface area contributed by atoms with Crippen molar-refractivity contribution in [2.24, 2.45) is 0 Å². The van der Waals surface area contributed by atoms with Crippen LogP contribution in [0.15, 0.2) is 29.3 Å². The molecule has 1 aromatic carbocycles. The number of fused-ring (bicyclic) bond motifs is 1. The quantitative estimate of drug-likeness (QED) is 0.828. The van der Waals surface area contributed by atoms with E-state index in [0.29, 0.717) is 6.04 Å². The molecule has 0 bridgehead atoms. The molecule has 0 spiro atoms. The summed E-state index contributed by atoms with van der Waals surface area (Å²) in [5, 5.41) is 4.38. The Bertz CT molecular complexity index is 569. The van der Waals surface area contributed by atoms with E-state index in [2.05, 4.69) is 38.2 Å². The number of nitrogens with zero attached hydrogens (tertiary/aromatic N) is 3. The van der Waals surface area contributed by atoms with Gasteiger partial charge in [-0.05, 0) is 40.1 Å². The van der Waals surface area contributed by atoms with Crippen LogP contribution in [0.25, 0.3) is 11.0 Å². The first-order valence-electron chi connectivity index (χ1n) is 6.87. The number of thioether (sulfide) groups is 1. The molecule has 20 heavy (non-hydrogen) atoms. The van der Waals surface area contributed by atoms with Crippen molar-refractivity contribution in [2.75, 3.05) is 31.7 Å². The zero-order valence-electron chi connectivity index (χ0n) is 12.6. The van der Waals surface area contributed by atoms with Crippen LogP contribution in [0.4, 0.5) is 5.82 Å². The first-order valence-corrected chi connectivity index (χ1v) is 7.85. The molecule has 0 radical (unpaired) electrons. The van der Waals surface area contributed by atoms with Crippen molar-refractivity contribution < 1.29 is 0 Å². The molecule has 4 nitrogen and oxygen atoms in total. The topological polar surface area (TPSA) is 41.1 Å². The van der Waals surface area contributed by atoms with Crippen molar-refractivity contribution in [1.82, 2.24) is 14.9 Å². The minimum absolute atomic E-state index is 0.346. The maximum atomic E-state index is 4.74. The van der Waals surface area contributed by atoms with Crippen LogP contribution in [0.3, 0.4) is 0 Å². The number of nitrogens with one attached hydrogen (secondary N) is 1. The fraction of sp³-hybridized carbons (Fsp3) is 0.467. The van der Waals surface area contributed by atoms with Crippen LogP contribution in [-0.2, 0) is 0 Å². The van der Waals surface area contributed by atoms with Crippen molar-refractivity contribution in [2.45, 2.75) is 24.9 Å². The predicted octanol–water partition coefficient (Wildman–Crippen LogP) is 3.10. The number of rotatable bonds is 6. The van der Waals surface area contributed by atoms with Gasteiger partial charge in [-0.2, -0.15) is 0 Å². The van der Waals surface area contributed by atoms with Gasteiger partial charge in [-0.3, -0.25) is 0 Å². The molecule has 5 heteroatoms. The van der Waals surface area contributed by atoms with E-state index in [1.807, 2.05) is 24.3 Å².